The average molecular weight is 278 g/mol. The van der Waals surface area contributed by atoms with Crippen LogP contribution >= 0.6 is 0 Å². The van der Waals surface area contributed by atoms with Gasteiger partial charge in [-0.1, -0.05) is 6.42 Å². The molecule has 1 amide bonds. The Morgan fingerprint density at radius 1 is 1.45 bits per heavy atom. The predicted octanol–water partition coefficient (Wildman–Crippen LogP) is 1.57. The Hall–Kier alpha value is -1.62. The number of methoxy groups -OCH3 is 1. The van der Waals surface area contributed by atoms with Gasteiger partial charge in [0.1, 0.15) is 0 Å². The number of aromatic amines is 1. The number of aromatic nitrogens is 1. The van der Waals surface area contributed by atoms with E-state index in [0.29, 0.717) is 30.3 Å². The number of pyridine rings is 1. The molecule has 1 N–H and O–H groups in total. The van der Waals surface area contributed by atoms with Crippen LogP contribution in [0, 0.1) is 12.8 Å². The lowest BCUT2D eigenvalue weighted by Gasteiger charge is -2.24. The quantitative estimate of drug-likeness (QED) is 0.913. The normalized spacial score (nSPS) is 19.7. The first kappa shape index (κ1) is 14.8. The highest BCUT2D eigenvalue weighted by molar-refractivity contribution is 5.94. The van der Waals surface area contributed by atoms with Crippen LogP contribution in [-0.2, 0) is 4.74 Å². The maximum atomic E-state index is 12.5. The van der Waals surface area contributed by atoms with Gasteiger partial charge in [-0.15, -0.1) is 0 Å². The second-order valence-electron chi connectivity index (χ2n) is 5.48. The van der Waals surface area contributed by atoms with Crippen LogP contribution in [0.5, 0.6) is 0 Å². The first-order chi connectivity index (χ1) is 9.60. The van der Waals surface area contributed by atoms with E-state index in [1.165, 1.54) is 6.07 Å². The summed E-state index contributed by atoms with van der Waals surface area (Å²) in [5, 5.41) is 0. The maximum absolute atomic E-state index is 12.5. The molecule has 5 nitrogen and oxygen atoms in total. The van der Waals surface area contributed by atoms with Crippen molar-refractivity contribution in [2.75, 3.05) is 26.8 Å². The van der Waals surface area contributed by atoms with Gasteiger partial charge in [0.05, 0.1) is 6.61 Å². The number of aryl methyl sites for hydroxylation is 1. The molecule has 1 atom stereocenters. The molecule has 20 heavy (non-hydrogen) atoms. The van der Waals surface area contributed by atoms with Gasteiger partial charge in [0.15, 0.2) is 0 Å². The van der Waals surface area contributed by atoms with E-state index < -0.39 is 0 Å². The molecule has 110 valence electrons. The summed E-state index contributed by atoms with van der Waals surface area (Å²) in [4.78, 5) is 28.5. The van der Waals surface area contributed by atoms with Crippen molar-refractivity contribution in [3.05, 3.63) is 33.7 Å². The fourth-order valence-electron chi connectivity index (χ4n) is 2.77. The van der Waals surface area contributed by atoms with Crippen molar-refractivity contribution in [1.29, 1.82) is 0 Å². The van der Waals surface area contributed by atoms with Crippen LogP contribution in [0.3, 0.4) is 0 Å². The van der Waals surface area contributed by atoms with Crippen molar-refractivity contribution in [3.8, 4) is 0 Å². The number of hydrogen-bond acceptors (Lipinski definition) is 3. The molecule has 0 saturated carbocycles. The fraction of sp³-hybridized carbons (Fsp3) is 0.600. The second kappa shape index (κ2) is 6.70. The molecule has 1 unspecified atom stereocenters. The molecule has 0 aliphatic carbocycles. The van der Waals surface area contributed by atoms with Gasteiger partial charge in [-0.25, -0.2) is 0 Å². The number of carbonyl (C=O) groups excluding carboxylic acids is 1. The Labute approximate surface area is 118 Å². The van der Waals surface area contributed by atoms with Gasteiger partial charge in [-0.3, -0.25) is 9.59 Å². The monoisotopic (exact) mass is 278 g/mol. The number of nitrogens with one attached hydrogen (secondary N) is 1. The highest BCUT2D eigenvalue weighted by atomic mass is 16.5. The number of amides is 1. The summed E-state index contributed by atoms with van der Waals surface area (Å²) >= 11 is 0. The molecule has 5 heteroatoms. The van der Waals surface area contributed by atoms with Crippen molar-refractivity contribution >= 4 is 5.91 Å². The molecule has 0 radical (unpaired) electrons. The van der Waals surface area contributed by atoms with E-state index in [4.69, 9.17) is 4.74 Å². The molecule has 1 aliphatic rings. The minimum absolute atomic E-state index is 0.0535. The van der Waals surface area contributed by atoms with Gasteiger partial charge >= 0.3 is 0 Å². The SMILES string of the molecule is COCC1CCCCN(C(=O)c2cc(C)[nH]c(=O)c2)C1. The van der Waals surface area contributed by atoms with E-state index in [9.17, 15) is 9.59 Å². The molecular weight excluding hydrogens is 256 g/mol. The van der Waals surface area contributed by atoms with Crippen LogP contribution in [0.2, 0.25) is 0 Å². The molecule has 1 aromatic rings. The van der Waals surface area contributed by atoms with E-state index in [1.54, 1.807) is 20.1 Å². The Morgan fingerprint density at radius 2 is 2.25 bits per heavy atom. The lowest BCUT2D eigenvalue weighted by Crippen LogP contribution is -2.36. The molecule has 1 fully saturated rings. The lowest BCUT2D eigenvalue weighted by atomic mass is 10.0. The third-order valence-corrected chi connectivity index (χ3v) is 3.68. The molecule has 2 rings (SSSR count). The Kier molecular flexibility index (Phi) is 4.95. The summed E-state index contributed by atoms with van der Waals surface area (Å²) in [7, 11) is 1.69. The van der Waals surface area contributed by atoms with E-state index in [1.807, 2.05) is 4.90 Å². The number of hydrogen-bond donors (Lipinski definition) is 1. The van der Waals surface area contributed by atoms with E-state index in [-0.39, 0.29) is 11.5 Å². The van der Waals surface area contributed by atoms with Gasteiger partial charge < -0.3 is 14.6 Å². The molecule has 0 aromatic carbocycles. The number of carbonyl (C=O) groups is 1. The van der Waals surface area contributed by atoms with Gasteiger partial charge in [-0.2, -0.15) is 0 Å². The smallest absolute Gasteiger partial charge is 0.254 e. The minimum Gasteiger partial charge on any atom is -0.384 e. The van der Waals surface area contributed by atoms with Crippen LogP contribution in [0.4, 0.5) is 0 Å². The third kappa shape index (κ3) is 3.70. The van der Waals surface area contributed by atoms with Crippen LogP contribution in [0.25, 0.3) is 0 Å². The van der Waals surface area contributed by atoms with Gasteiger partial charge in [-0.05, 0) is 31.7 Å². The van der Waals surface area contributed by atoms with Crippen molar-refractivity contribution in [2.45, 2.75) is 26.2 Å². The number of nitrogens with zero attached hydrogens (tertiary/aromatic N) is 1. The summed E-state index contributed by atoms with van der Waals surface area (Å²) in [6.45, 7) is 3.93. The number of rotatable bonds is 3. The van der Waals surface area contributed by atoms with Gasteiger partial charge in [0.2, 0.25) is 5.56 Å². The number of ether oxygens (including phenoxy) is 1. The molecule has 1 aromatic heterocycles. The zero-order valence-electron chi connectivity index (χ0n) is 12.1. The molecule has 0 bridgehead atoms. The standard InChI is InChI=1S/C15H22N2O3/c1-11-7-13(8-14(18)16-11)15(19)17-6-4-3-5-12(9-17)10-20-2/h7-8,12H,3-6,9-10H2,1-2H3,(H,16,18). The van der Waals surface area contributed by atoms with Crippen LogP contribution in [0.15, 0.2) is 16.9 Å². The van der Waals surface area contributed by atoms with Crippen LogP contribution in [0.1, 0.15) is 35.3 Å². The second-order valence-corrected chi connectivity index (χ2v) is 5.48. The fourth-order valence-corrected chi connectivity index (χ4v) is 2.77. The Morgan fingerprint density at radius 3 is 2.95 bits per heavy atom. The first-order valence-electron chi connectivity index (χ1n) is 7.09. The number of H-pyrrole nitrogens is 1. The van der Waals surface area contributed by atoms with Crippen molar-refractivity contribution in [1.82, 2.24) is 9.88 Å². The van der Waals surface area contributed by atoms with Crippen molar-refractivity contribution < 1.29 is 9.53 Å². The maximum Gasteiger partial charge on any atom is 0.254 e. The zero-order valence-corrected chi connectivity index (χ0v) is 12.1. The summed E-state index contributed by atoms with van der Waals surface area (Å²) in [5.74, 6) is 0.330. The van der Waals surface area contributed by atoms with E-state index >= 15 is 0 Å². The summed E-state index contributed by atoms with van der Waals surface area (Å²) in [5.41, 5.74) is 0.963. The zero-order chi connectivity index (χ0) is 14.5. The molecular formula is C15H22N2O3. The topological polar surface area (TPSA) is 62.4 Å². The molecule has 1 saturated heterocycles. The first-order valence-corrected chi connectivity index (χ1v) is 7.09. The summed E-state index contributed by atoms with van der Waals surface area (Å²) in [6.07, 6.45) is 3.21. The van der Waals surface area contributed by atoms with Crippen molar-refractivity contribution in [3.63, 3.8) is 0 Å². The van der Waals surface area contributed by atoms with Crippen LogP contribution < -0.4 is 5.56 Å². The minimum atomic E-state index is -0.225. The molecule has 2 heterocycles. The summed E-state index contributed by atoms with van der Waals surface area (Å²) in [6, 6.07) is 3.12. The Balaban J connectivity index is 2.15. The number of likely N-dealkylation sites (tertiary alicyclic amines) is 1. The van der Waals surface area contributed by atoms with Gasteiger partial charge in [0.25, 0.3) is 5.91 Å². The summed E-state index contributed by atoms with van der Waals surface area (Å²) < 4.78 is 5.22. The lowest BCUT2D eigenvalue weighted by molar-refractivity contribution is 0.0696. The van der Waals surface area contributed by atoms with E-state index in [2.05, 4.69) is 4.98 Å². The van der Waals surface area contributed by atoms with Crippen molar-refractivity contribution in [2.24, 2.45) is 5.92 Å². The molecule has 1 aliphatic heterocycles. The highest BCUT2D eigenvalue weighted by Crippen LogP contribution is 2.18. The van der Waals surface area contributed by atoms with Crippen LogP contribution in [-0.4, -0.2) is 42.6 Å². The van der Waals surface area contributed by atoms with Gasteiger partial charge in [0, 0.05) is 37.5 Å². The third-order valence-electron chi connectivity index (χ3n) is 3.68. The predicted molar refractivity (Wildman–Crippen MR) is 76.9 cm³/mol. The Bertz CT molecular complexity index is 524. The largest absolute Gasteiger partial charge is 0.384 e. The highest BCUT2D eigenvalue weighted by Gasteiger charge is 2.23. The van der Waals surface area contributed by atoms with E-state index in [0.717, 1.165) is 25.8 Å². The average Bonchev–Trinajstić information content (AvgIpc) is 2.63. The molecule has 0 spiro atoms.